The minimum absolute atomic E-state index is 0.0198. The summed E-state index contributed by atoms with van der Waals surface area (Å²) in [6.45, 7) is 0. The highest BCUT2D eigenvalue weighted by Crippen LogP contribution is 2.36. The first kappa shape index (κ1) is 14.7. The molecule has 0 heterocycles. The van der Waals surface area contributed by atoms with Gasteiger partial charge < -0.3 is 14.6 Å². The average Bonchev–Trinajstić information content (AvgIpc) is 2.54. The van der Waals surface area contributed by atoms with Gasteiger partial charge in [-0.1, -0.05) is 18.2 Å². The number of rotatable bonds is 5. The Morgan fingerprint density at radius 2 is 1.62 bits per heavy atom. The molecule has 5 heteroatoms. The molecule has 0 unspecified atom stereocenters. The first-order chi connectivity index (χ1) is 10.2. The van der Waals surface area contributed by atoms with Gasteiger partial charge in [-0.3, -0.25) is 5.01 Å². The predicted octanol–water partition coefficient (Wildman–Crippen LogP) is 2.88. The topological polar surface area (TPSA) is 54.3 Å². The predicted molar refractivity (Wildman–Crippen MR) is 83.6 cm³/mol. The highest BCUT2D eigenvalue weighted by molar-refractivity contribution is 5.83. The summed E-state index contributed by atoms with van der Waals surface area (Å²) >= 11 is 0. The van der Waals surface area contributed by atoms with Crippen molar-refractivity contribution in [3.05, 3.63) is 48.0 Å². The van der Waals surface area contributed by atoms with Crippen molar-refractivity contribution in [1.82, 2.24) is 0 Å². The number of ether oxygens (including phenoxy) is 2. The Morgan fingerprint density at radius 1 is 1.05 bits per heavy atom. The normalized spacial score (nSPS) is 10.6. The molecule has 21 heavy (non-hydrogen) atoms. The fourth-order valence-electron chi connectivity index (χ4n) is 1.85. The van der Waals surface area contributed by atoms with Crippen LogP contribution in [0.15, 0.2) is 47.6 Å². The number of hydrazone groups is 1. The average molecular weight is 286 g/mol. The number of hydrogen-bond donors (Lipinski definition) is 1. The fourth-order valence-corrected chi connectivity index (χ4v) is 1.85. The lowest BCUT2D eigenvalue weighted by atomic mass is 10.2. The third-order valence-corrected chi connectivity index (χ3v) is 3.01. The first-order valence-electron chi connectivity index (χ1n) is 6.43. The second kappa shape index (κ2) is 6.65. The molecule has 0 fully saturated rings. The van der Waals surface area contributed by atoms with Crippen LogP contribution in [0, 0.1) is 0 Å². The lowest BCUT2D eigenvalue weighted by molar-refractivity contribution is 0.340. The summed E-state index contributed by atoms with van der Waals surface area (Å²) < 4.78 is 10.2. The lowest BCUT2D eigenvalue weighted by Gasteiger charge is -2.13. The van der Waals surface area contributed by atoms with E-state index in [4.69, 9.17) is 9.47 Å². The molecule has 0 aliphatic heterocycles. The number of phenolic OH excluding ortho intramolecular Hbond substituents is 1. The van der Waals surface area contributed by atoms with Crippen LogP contribution < -0.4 is 14.5 Å². The van der Waals surface area contributed by atoms with Crippen molar-refractivity contribution < 1.29 is 14.6 Å². The molecule has 0 spiro atoms. The molecule has 2 rings (SSSR count). The van der Waals surface area contributed by atoms with Crippen LogP contribution in [0.5, 0.6) is 17.2 Å². The van der Waals surface area contributed by atoms with E-state index in [9.17, 15) is 5.11 Å². The Morgan fingerprint density at radius 3 is 2.14 bits per heavy atom. The maximum Gasteiger partial charge on any atom is 0.200 e. The first-order valence-corrected chi connectivity index (χ1v) is 6.43. The van der Waals surface area contributed by atoms with Gasteiger partial charge in [-0.2, -0.15) is 5.10 Å². The van der Waals surface area contributed by atoms with E-state index in [1.165, 1.54) is 14.2 Å². The third-order valence-electron chi connectivity index (χ3n) is 3.01. The molecule has 0 saturated heterocycles. The second-order valence-electron chi connectivity index (χ2n) is 4.38. The molecule has 0 aromatic heterocycles. The van der Waals surface area contributed by atoms with Crippen molar-refractivity contribution >= 4 is 11.9 Å². The molecule has 0 radical (unpaired) electrons. The minimum atomic E-state index is -0.0198. The van der Waals surface area contributed by atoms with Gasteiger partial charge >= 0.3 is 0 Å². The smallest absolute Gasteiger partial charge is 0.200 e. The quantitative estimate of drug-likeness (QED) is 0.678. The zero-order valence-corrected chi connectivity index (χ0v) is 12.3. The van der Waals surface area contributed by atoms with Crippen molar-refractivity contribution in [3.63, 3.8) is 0 Å². The molecular weight excluding hydrogens is 268 g/mol. The van der Waals surface area contributed by atoms with Crippen LogP contribution in [0.25, 0.3) is 0 Å². The monoisotopic (exact) mass is 286 g/mol. The second-order valence-corrected chi connectivity index (χ2v) is 4.38. The van der Waals surface area contributed by atoms with Crippen LogP contribution >= 0.6 is 0 Å². The highest BCUT2D eigenvalue weighted by Gasteiger charge is 2.10. The molecular formula is C16H18N2O3. The van der Waals surface area contributed by atoms with Crippen LogP contribution in [-0.4, -0.2) is 32.6 Å². The van der Waals surface area contributed by atoms with Crippen LogP contribution in [0.1, 0.15) is 5.56 Å². The zero-order chi connectivity index (χ0) is 15.2. The number of benzene rings is 2. The number of phenols is 1. The van der Waals surface area contributed by atoms with Crippen molar-refractivity contribution in [2.45, 2.75) is 0 Å². The van der Waals surface area contributed by atoms with E-state index >= 15 is 0 Å². The van der Waals surface area contributed by atoms with Gasteiger partial charge in [0.05, 0.1) is 26.1 Å². The van der Waals surface area contributed by atoms with Gasteiger partial charge in [0.25, 0.3) is 0 Å². The molecule has 0 atom stereocenters. The van der Waals surface area contributed by atoms with Crippen LogP contribution in [-0.2, 0) is 0 Å². The molecule has 0 aliphatic carbocycles. The van der Waals surface area contributed by atoms with E-state index in [1.54, 1.807) is 23.4 Å². The summed E-state index contributed by atoms with van der Waals surface area (Å²) in [4.78, 5) is 0. The van der Waals surface area contributed by atoms with E-state index in [0.717, 1.165) is 11.3 Å². The Labute approximate surface area is 124 Å². The van der Waals surface area contributed by atoms with Crippen LogP contribution in [0.2, 0.25) is 0 Å². The Bertz CT molecular complexity index is 602. The van der Waals surface area contributed by atoms with E-state index < -0.39 is 0 Å². The van der Waals surface area contributed by atoms with Gasteiger partial charge in [-0.05, 0) is 24.3 Å². The largest absolute Gasteiger partial charge is 0.502 e. The SMILES string of the molecule is COc1cc(/C=N/N(C)c2ccccc2)cc(OC)c1O. The molecule has 2 aromatic carbocycles. The van der Waals surface area contributed by atoms with Crippen molar-refractivity contribution in [1.29, 1.82) is 0 Å². The summed E-state index contributed by atoms with van der Waals surface area (Å²) in [5, 5.41) is 16.0. The number of aromatic hydroxyl groups is 1. The molecule has 0 aliphatic rings. The number of hydrogen-bond acceptors (Lipinski definition) is 5. The summed E-state index contributed by atoms with van der Waals surface area (Å²) in [6, 6.07) is 13.2. The van der Waals surface area contributed by atoms with Gasteiger partial charge in [-0.15, -0.1) is 0 Å². The number of methoxy groups -OCH3 is 2. The summed E-state index contributed by atoms with van der Waals surface area (Å²) in [5.74, 6) is 0.671. The summed E-state index contributed by atoms with van der Waals surface area (Å²) in [5.41, 5.74) is 1.75. The van der Waals surface area contributed by atoms with E-state index in [-0.39, 0.29) is 5.75 Å². The van der Waals surface area contributed by atoms with Gasteiger partial charge in [0, 0.05) is 12.6 Å². The van der Waals surface area contributed by atoms with Crippen molar-refractivity contribution in [2.24, 2.45) is 5.10 Å². The molecule has 2 aromatic rings. The number of nitrogens with zero attached hydrogens (tertiary/aromatic N) is 2. The van der Waals surface area contributed by atoms with Gasteiger partial charge in [0.2, 0.25) is 5.75 Å². The van der Waals surface area contributed by atoms with Gasteiger partial charge in [-0.25, -0.2) is 0 Å². The number of anilines is 1. The highest BCUT2D eigenvalue weighted by atomic mass is 16.5. The van der Waals surface area contributed by atoms with Crippen LogP contribution in [0.3, 0.4) is 0 Å². The molecule has 110 valence electrons. The van der Waals surface area contributed by atoms with E-state index in [1.807, 2.05) is 37.4 Å². The lowest BCUT2D eigenvalue weighted by Crippen LogP contribution is -2.08. The molecule has 0 amide bonds. The Kier molecular flexibility index (Phi) is 4.66. The zero-order valence-electron chi connectivity index (χ0n) is 12.3. The summed E-state index contributed by atoms with van der Waals surface area (Å²) in [6.07, 6.45) is 1.68. The Hall–Kier alpha value is -2.69. The molecule has 5 nitrogen and oxygen atoms in total. The van der Waals surface area contributed by atoms with Gasteiger partial charge in [0.15, 0.2) is 11.5 Å². The standard InChI is InChI=1S/C16H18N2O3/c1-18(13-7-5-4-6-8-13)17-11-12-9-14(20-2)16(19)15(10-12)21-3/h4-11,19H,1-3H3/b17-11+. The maximum absolute atomic E-state index is 9.86. The van der Waals surface area contributed by atoms with E-state index in [2.05, 4.69) is 5.10 Å². The van der Waals surface area contributed by atoms with Crippen LogP contribution in [0.4, 0.5) is 5.69 Å². The number of para-hydroxylation sites is 1. The molecule has 0 bridgehead atoms. The van der Waals surface area contributed by atoms with Crippen molar-refractivity contribution in [3.8, 4) is 17.2 Å². The third kappa shape index (κ3) is 3.45. The van der Waals surface area contributed by atoms with E-state index in [0.29, 0.717) is 11.5 Å². The molecule has 0 saturated carbocycles. The minimum Gasteiger partial charge on any atom is -0.502 e. The molecule has 1 N–H and O–H groups in total. The van der Waals surface area contributed by atoms with Crippen molar-refractivity contribution in [2.75, 3.05) is 26.3 Å². The van der Waals surface area contributed by atoms with Gasteiger partial charge in [0.1, 0.15) is 0 Å². The fraction of sp³-hybridized carbons (Fsp3) is 0.188. The Balaban J connectivity index is 2.25. The summed E-state index contributed by atoms with van der Waals surface area (Å²) in [7, 11) is 4.84. The maximum atomic E-state index is 9.86.